The van der Waals surface area contributed by atoms with Crippen molar-refractivity contribution >= 4 is 34.8 Å². The van der Waals surface area contributed by atoms with E-state index in [1.165, 1.54) is 12.1 Å². The van der Waals surface area contributed by atoms with Gasteiger partial charge in [0.2, 0.25) is 0 Å². The highest BCUT2D eigenvalue weighted by molar-refractivity contribution is 6.37. The van der Waals surface area contributed by atoms with Crippen LogP contribution >= 0.6 is 23.2 Å². The molecule has 0 spiro atoms. The highest BCUT2D eigenvalue weighted by atomic mass is 35.5. The Balaban J connectivity index is 2.18. The Labute approximate surface area is 127 Å². The van der Waals surface area contributed by atoms with Gasteiger partial charge < -0.3 is 10.4 Å². The Morgan fingerprint density at radius 3 is 2.20 bits per heavy atom. The van der Waals surface area contributed by atoms with Crippen LogP contribution in [0.15, 0.2) is 36.4 Å². The number of hydrogen-bond acceptors (Lipinski definition) is 2. The van der Waals surface area contributed by atoms with Crippen LogP contribution in [0.25, 0.3) is 0 Å². The van der Waals surface area contributed by atoms with E-state index in [0.29, 0.717) is 11.3 Å². The third-order valence-electron chi connectivity index (χ3n) is 2.90. The zero-order chi connectivity index (χ0) is 14.7. The minimum Gasteiger partial charge on any atom is -0.505 e. The van der Waals surface area contributed by atoms with Gasteiger partial charge >= 0.3 is 0 Å². The van der Waals surface area contributed by atoms with Crippen LogP contribution in [0, 0.1) is 0 Å². The number of phenols is 1. The van der Waals surface area contributed by atoms with Gasteiger partial charge in [0.1, 0.15) is 0 Å². The monoisotopic (exact) mass is 309 g/mol. The number of aromatic hydroxyl groups is 1. The molecule has 0 saturated carbocycles. The molecule has 3 nitrogen and oxygen atoms in total. The summed E-state index contributed by atoms with van der Waals surface area (Å²) in [7, 11) is 0. The molecule has 0 heterocycles. The van der Waals surface area contributed by atoms with Gasteiger partial charge in [-0.2, -0.15) is 0 Å². The lowest BCUT2D eigenvalue weighted by Crippen LogP contribution is -2.11. The second-order valence-corrected chi connectivity index (χ2v) is 5.11. The molecule has 20 heavy (non-hydrogen) atoms. The number of carbonyl (C=O) groups excluding carboxylic acids is 1. The van der Waals surface area contributed by atoms with Crippen LogP contribution < -0.4 is 5.32 Å². The second-order valence-electron chi connectivity index (χ2n) is 4.29. The lowest BCUT2D eigenvalue weighted by atomic mass is 10.1. The molecule has 5 heteroatoms. The summed E-state index contributed by atoms with van der Waals surface area (Å²) in [5.41, 5.74) is 2.14. The highest BCUT2D eigenvalue weighted by Gasteiger charge is 2.10. The first-order chi connectivity index (χ1) is 9.51. The molecular weight excluding hydrogens is 297 g/mol. The molecule has 2 rings (SSSR count). The minimum absolute atomic E-state index is 0.0918. The van der Waals surface area contributed by atoms with Gasteiger partial charge in [-0.15, -0.1) is 0 Å². The van der Waals surface area contributed by atoms with Crippen molar-refractivity contribution in [3.8, 4) is 5.75 Å². The van der Waals surface area contributed by atoms with Gasteiger partial charge in [-0.05, 0) is 36.2 Å². The predicted molar refractivity (Wildman–Crippen MR) is 81.9 cm³/mol. The molecule has 2 aromatic rings. The van der Waals surface area contributed by atoms with Crippen molar-refractivity contribution in [2.45, 2.75) is 13.3 Å². The molecule has 2 N–H and O–H groups in total. The molecule has 0 aliphatic carbocycles. The van der Waals surface area contributed by atoms with Crippen molar-refractivity contribution in [1.29, 1.82) is 0 Å². The van der Waals surface area contributed by atoms with Gasteiger partial charge in [0.25, 0.3) is 5.91 Å². The van der Waals surface area contributed by atoms with Gasteiger partial charge in [0.05, 0.1) is 10.0 Å². The summed E-state index contributed by atoms with van der Waals surface area (Å²) in [6, 6.07) is 10.2. The van der Waals surface area contributed by atoms with E-state index in [4.69, 9.17) is 23.2 Å². The van der Waals surface area contributed by atoms with Crippen molar-refractivity contribution in [1.82, 2.24) is 0 Å². The van der Waals surface area contributed by atoms with E-state index in [9.17, 15) is 9.90 Å². The lowest BCUT2D eigenvalue weighted by molar-refractivity contribution is 0.102. The van der Waals surface area contributed by atoms with E-state index in [0.717, 1.165) is 12.0 Å². The topological polar surface area (TPSA) is 49.3 Å². The maximum atomic E-state index is 12.1. The minimum atomic E-state index is -0.259. The van der Waals surface area contributed by atoms with Gasteiger partial charge in [-0.1, -0.05) is 42.3 Å². The third kappa shape index (κ3) is 3.24. The van der Waals surface area contributed by atoms with Crippen molar-refractivity contribution in [3.05, 3.63) is 57.6 Å². The first kappa shape index (κ1) is 14.7. The number of rotatable bonds is 3. The van der Waals surface area contributed by atoms with Gasteiger partial charge in [0, 0.05) is 11.3 Å². The molecule has 1 amide bonds. The van der Waals surface area contributed by atoms with E-state index in [1.54, 1.807) is 12.1 Å². The van der Waals surface area contributed by atoms with Crippen molar-refractivity contribution in [2.75, 3.05) is 5.32 Å². The van der Waals surface area contributed by atoms with E-state index in [2.05, 4.69) is 12.2 Å². The Kier molecular flexibility index (Phi) is 4.53. The van der Waals surface area contributed by atoms with Crippen LogP contribution in [0.5, 0.6) is 5.75 Å². The largest absolute Gasteiger partial charge is 0.505 e. The van der Waals surface area contributed by atoms with Crippen LogP contribution in [0.3, 0.4) is 0 Å². The molecule has 0 radical (unpaired) electrons. The number of carbonyl (C=O) groups is 1. The maximum Gasteiger partial charge on any atom is 0.255 e. The SMILES string of the molecule is CCc1ccc(C(=O)Nc2cc(Cl)c(O)c(Cl)c2)cc1. The lowest BCUT2D eigenvalue weighted by Gasteiger charge is -2.08. The first-order valence-corrected chi connectivity index (χ1v) is 6.85. The molecular formula is C15H13Cl2NO2. The summed E-state index contributed by atoms with van der Waals surface area (Å²) in [5, 5.41) is 12.3. The van der Waals surface area contributed by atoms with Crippen LogP contribution in [-0.2, 0) is 6.42 Å². The summed E-state index contributed by atoms with van der Waals surface area (Å²) >= 11 is 11.6. The zero-order valence-corrected chi connectivity index (χ0v) is 12.3. The van der Waals surface area contributed by atoms with E-state index in [1.807, 2.05) is 12.1 Å². The number of aryl methyl sites for hydroxylation is 1. The van der Waals surface area contributed by atoms with Crippen molar-refractivity contribution < 1.29 is 9.90 Å². The van der Waals surface area contributed by atoms with Crippen LogP contribution in [0.1, 0.15) is 22.8 Å². The summed E-state index contributed by atoms with van der Waals surface area (Å²) in [6.07, 6.45) is 0.922. The number of hydrogen-bond donors (Lipinski definition) is 2. The van der Waals surface area contributed by atoms with Crippen molar-refractivity contribution in [3.63, 3.8) is 0 Å². The summed E-state index contributed by atoms with van der Waals surface area (Å²) in [4.78, 5) is 12.1. The molecule has 0 saturated heterocycles. The molecule has 0 fully saturated rings. The van der Waals surface area contributed by atoms with Crippen LogP contribution in [0.4, 0.5) is 5.69 Å². The Morgan fingerprint density at radius 2 is 1.70 bits per heavy atom. The maximum absolute atomic E-state index is 12.1. The average Bonchev–Trinajstić information content (AvgIpc) is 2.44. The third-order valence-corrected chi connectivity index (χ3v) is 3.48. The fraction of sp³-hybridized carbons (Fsp3) is 0.133. The molecule has 0 unspecified atom stereocenters. The Morgan fingerprint density at radius 1 is 1.15 bits per heavy atom. The average molecular weight is 310 g/mol. The van der Waals surface area contributed by atoms with Crippen LogP contribution in [-0.4, -0.2) is 11.0 Å². The molecule has 2 aromatic carbocycles. The van der Waals surface area contributed by atoms with Crippen molar-refractivity contribution in [2.24, 2.45) is 0 Å². The summed E-state index contributed by atoms with van der Waals surface area (Å²) in [6.45, 7) is 2.05. The standard InChI is InChI=1S/C15H13Cl2NO2/c1-2-9-3-5-10(6-4-9)15(20)18-11-7-12(16)14(19)13(17)8-11/h3-8,19H,2H2,1H3,(H,18,20). The van der Waals surface area contributed by atoms with Gasteiger partial charge in [0.15, 0.2) is 5.75 Å². The predicted octanol–water partition coefficient (Wildman–Crippen LogP) is 4.51. The summed E-state index contributed by atoms with van der Waals surface area (Å²) in [5.74, 6) is -0.455. The smallest absolute Gasteiger partial charge is 0.255 e. The molecule has 0 atom stereocenters. The van der Waals surface area contributed by atoms with Gasteiger partial charge in [-0.25, -0.2) is 0 Å². The molecule has 0 bridgehead atoms. The Bertz CT molecular complexity index is 616. The van der Waals surface area contributed by atoms with Gasteiger partial charge in [-0.3, -0.25) is 4.79 Å². The second kappa shape index (κ2) is 6.16. The first-order valence-electron chi connectivity index (χ1n) is 6.09. The normalized spacial score (nSPS) is 10.3. The fourth-order valence-corrected chi connectivity index (χ4v) is 2.22. The van der Waals surface area contributed by atoms with Crippen LogP contribution in [0.2, 0.25) is 10.0 Å². The van der Waals surface area contributed by atoms with E-state index in [-0.39, 0.29) is 21.7 Å². The molecule has 0 aliphatic rings. The van der Waals surface area contributed by atoms with E-state index >= 15 is 0 Å². The molecule has 104 valence electrons. The number of nitrogens with one attached hydrogen (secondary N) is 1. The molecule has 0 aromatic heterocycles. The zero-order valence-electron chi connectivity index (χ0n) is 10.8. The number of halogens is 2. The fourth-order valence-electron chi connectivity index (χ4n) is 1.73. The number of benzene rings is 2. The quantitative estimate of drug-likeness (QED) is 0.819. The Hall–Kier alpha value is -1.71. The number of phenolic OH excluding ortho intramolecular Hbond substituents is 1. The molecule has 0 aliphatic heterocycles. The highest BCUT2D eigenvalue weighted by Crippen LogP contribution is 2.34. The number of anilines is 1. The summed E-state index contributed by atoms with van der Waals surface area (Å²) < 4.78 is 0. The van der Waals surface area contributed by atoms with E-state index < -0.39 is 0 Å². The number of amides is 1.